The number of terminal acetylenes is 1. The van der Waals surface area contributed by atoms with Crippen LogP contribution in [0.4, 0.5) is 0 Å². The van der Waals surface area contributed by atoms with Gasteiger partial charge in [0.15, 0.2) is 0 Å². The molecule has 0 amide bonds. The van der Waals surface area contributed by atoms with Crippen molar-refractivity contribution in [2.45, 2.75) is 31.4 Å². The number of ether oxygens (including phenoxy) is 1. The van der Waals surface area contributed by atoms with Gasteiger partial charge < -0.3 is 15.2 Å². The fraction of sp³-hybridized carbons (Fsp3) is 0.846. The lowest BCUT2D eigenvalue weighted by Gasteiger charge is -2.31. The van der Waals surface area contributed by atoms with E-state index in [0.717, 1.165) is 45.4 Å². The zero-order valence-electron chi connectivity index (χ0n) is 10.7. The van der Waals surface area contributed by atoms with Crippen molar-refractivity contribution in [1.82, 2.24) is 10.2 Å². The summed E-state index contributed by atoms with van der Waals surface area (Å²) >= 11 is 0. The summed E-state index contributed by atoms with van der Waals surface area (Å²) in [5.41, 5.74) is 0. The number of hydrogen-bond donors (Lipinski definition) is 2. The van der Waals surface area contributed by atoms with Crippen LogP contribution in [0.5, 0.6) is 0 Å². The van der Waals surface area contributed by atoms with Crippen LogP contribution in [0.2, 0.25) is 0 Å². The first-order valence-corrected chi connectivity index (χ1v) is 6.32. The number of nitrogens with one attached hydrogen (secondary N) is 1. The number of aliphatic hydroxyl groups excluding tert-OH is 1. The first kappa shape index (κ1) is 14.5. The molecule has 0 aliphatic carbocycles. The van der Waals surface area contributed by atoms with Crippen LogP contribution in [0.25, 0.3) is 0 Å². The van der Waals surface area contributed by atoms with E-state index in [-0.39, 0.29) is 6.10 Å². The SMILES string of the molecule is C#CCN1CCC(NCCC(O)COC)CC1. The lowest BCUT2D eigenvalue weighted by atomic mass is 10.0. The van der Waals surface area contributed by atoms with Crippen molar-refractivity contribution in [3.05, 3.63) is 0 Å². The Hall–Kier alpha value is -0.600. The summed E-state index contributed by atoms with van der Waals surface area (Å²) in [6.07, 6.45) is 7.97. The number of hydrogen-bond acceptors (Lipinski definition) is 4. The monoisotopic (exact) mass is 240 g/mol. The van der Waals surface area contributed by atoms with E-state index in [1.54, 1.807) is 7.11 Å². The molecule has 0 aromatic rings. The Balaban J connectivity index is 2.04. The average Bonchev–Trinajstić information content (AvgIpc) is 2.32. The van der Waals surface area contributed by atoms with Crippen molar-refractivity contribution in [3.8, 4) is 12.3 Å². The highest BCUT2D eigenvalue weighted by atomic mass is 16.5. The second kappa shape index (κ2) is 8.48. The first-order chi connectivity index (χ1) is 8.26. The molecule has 2 N–H and O–H groups in total. The van der Waals surface area contributed by atoms with Crippen LogP contribution in [0.1, 0.15) is 19.3 Å². The molecule has 0 spiro atoms. The zero-order valence-corrected chi connectivity index (χ0v) is 10.7. The Kier molecular flexibility index (Phi) is 7.22. The summed E-state index contributed by atoms with van der Waals surface area (Å²) in [7, 11) is 1.61. The van der Waals surface area contributed by atoms with E-state index in [9.17, 15) is 5.11 Å². The minimum absolute atomic E-state index is 0.353. The second-order valence-electron chi connectivity index (χ2n) is 4.61. The normalized spacial score (nSPS) is 20.1. The van der Waals surface area contributed by atoms with Crippen LogP contribution in [-0.4, -0.2) is 62.0 Å². The number of nitrogens with zero attached hydrogens (tertiary/aromatic N) is 1. The number of methoxy groups -OCH3 is 1. The summed E-state index contributed by atoms with van der Waals surface area (Å²) in [4.78, 5) is 2.30. The van der Waals surface area contributed by atoms with E-state index in [1.807, 2.05) is 0 Å². The zero-order chi connectivity index (χ0) is 12.5. The van der Waals surface area contributed by atoms with Crippen LogP contribution < -0.4 is 5.32 Å². The van der Waals surface area contributed by atoms with E-state index >= 15 is 0 Å². The largest absolute Gasteiger partial charge is 0.391 e. The third-order valence-corrected chi connectivity index (χ3v) is 3.17. The van der Waals surface area contributed by atoms with Crippen LogP contribution in [0, 0.1) is 12.3 Å². The van der Waals surface area contributed by atoms with Gasteiger partial charge in [0, 0.05) is 26.2 Å². The van der Waals surface area contributed by atoms with Gasteiger partial charge in [-0.15, -0.1) is 6.42 Å². The Bertz CT molecular complexity index is 232. The van der Waals surface area contributed by atoms with Gasteiger partial charge in [-0.3, -0.25) is 4.90 Å². The lowest BCUT2D eigenvalue weighted by Crippen LogP contribution is -2.43. The molecule has 0 bridgehead atoms. The van der Waals surface area contributed by atoms with Gasteiger partial charge in [-0.2, -0.15) is 0 Å². The summed E-state index contributed by atoms with van der Waals surface area (Å²) in [6, 6.07) is 0.568. The molecule has 98 valence electrons. The predicted molar refractivity (Wildman–Crippen MR) is 68.8 cm³/mol. The van der Waals surface area contributed by atoms with Gasteiger partial charge in [0.05, 0.1) is 19.3 Å². The topological polar surface area (TPSA) is 44.7 Å². The van der Waals surface area contributed by atoms with Gasteiger partial charge in [-0.05, 0) is 25.8 Å². The second-order valence-corrected chi connectivity index (χ2v) is 4.61. The first-order valence-electron chi connectivity index (χ1n) is 6.32. The standard InChI is InChI=1S/C13H24N2O2/c1-3-8-15-9-5-12(6-10-15)14-7-4-13(16)11-17-2/h1,12-14,16H,4-11H2,2H3. The lowest BCUT2D eigenvalue weighted by molar-refractivity contribution is 0.0584. The van der Waals surface area contributed by atoms with Gasteiger partial charge >= 0.3 is 0 Å². The van der Waals surface area contributed by atoms with Crippen LogP contribution in [0.15, 0.2) is 0 Å². The van der Waals surface area contributed by atoms with E-state index in [0.29, 0.717) is 12.6 Å². The number of rotatable bonds is 7. The molecule has 1 heterocycles. The molecular formula is C13H24N2O2. The quantitative estimate of drug-likeness (QED) is 0.618. The molecule has 1 saturated heterocycles. The molecule has 4 heteroatoms. The molecule has 1 atom stereocenters. The Morgan fingerprint density at radius 3 is 2.82 bits per heavy atom. The Labute approximate surface area is 104 Å². The predicted octanol–water partition coefficient (Wildman–Crippen LogP) is 0.0710. The summed E-state index contributed by atoms with van der Waals surface area (Å²) in [5, 5.41) is 13.0. The molecule has 0 aromatic heterocycles. The van der Waals surface area contributed by atoms with E-state index < -0.39 is 0 Å². The molecule has 1 fully saturated rings. The Morgan fingerprint density at radius 1 is 1.53 bits per heavy atom. The number of aliphatic hydroxyl groups is 1. The summed E-state index contributed by atoms with van der Waals surface area (Å²) in [6.45, 7) is 4.18. The van der Waals surface area contributed by atoms with Crippen molar-refractivity contribution < 1.29 is 9.84 Å². The Morgan fingerprint density at radius 2 is 2.24 bits per heavy atom. The fourth-order valence-electron chi connectivity index (χ4n) is 2.15. The van der Waals surface area contributed by atoms with Crippen LogP contribution in [0.3, 0.4) is 0 Å². The van der Waals surface area contributed by atoms with Crippen LogP contribution >= 0.6 is 0 Å². The van der Waals surface area contributed by atoms with E-state index in [2.05, 4.69) is 16.1 Å². The van der Waals surface area contributed by atoms with Crippen molar-refractivity contribution >= 4 is 0 Å². The molecular weight excluding hydrogens is 216 g/mol. The fourth-order valence-corrected chi connectivity index (χ4v) is 2.15. The van der Waals surface area contributed by atoms with Crippen molar-refractivity contribution in [2.24, 2.45) is 0 Å². The van der Waals surface area contributed by atoms with Crippen LogP contribution in [-0.2, 0) is 4.74 Å². The molecule has 4 nitrogen and oxygen atoms in total. The maximum Gasteiger partial charge on any atom is 0.0785 e. The van der Waals surface area contributed by atoms with E-state index in [1.165, 1.54) is 0 Å². The third kappa shape index (κ3) is 6.04. The minimum atomic E-state index is -0.353. The van der Waals surface area contributed by atoms with Gasteiger partial charge in [0.2, 0.25) is 0 Å². The van der Waals surface area contributed by atoms with Gasteiger partial charge in [0.25, 0.3) is 0 Å². The van der Waals surface area contributed by atoms with Crippen molar-refractivity contribution in [3.63, 3.8) is 0 Å². The molecule has 0 radical (unpaired) electrons. The molecule has 0 saturated carbocycles. The van der Waals surface area contributed by atoms with Gasteiger partial charge in [-0.1, -0.05) is 5.92 Å². The molecule has 1 aliphatic heterocycles. The highest BCUT2D eigenvalue weighted by molar-refractivity contribution is 4.90. The molecule has 0 aromatic carbocycles. The maximum atomic E-state index is 9.50. The van der Waals surface area contributed by atoms with Crippen molar-refractivity contribution in [2.75, 3.05) is 39.9 Å². The third-order valence-electron chi connectivity index (χ3n) is 3.17. The number of piperidine rings is 1. The van der Waals surface area contributed by atoms with Gasteiger partial charge in [-0.25, -0.2) is 0 Å². The molecule has 1 unspecified atom stereocenters. The minimum Gasteiger partial charge on any atom is -0.391 e. The molecule has 1 rings (SSSR count). The molecule has 17 heavy (non-hydrogen) atoms. The van der Waals surface area contributed by atoms with E-state index in [4.69, 9.17) is 11.2 Å². The highest BCUT2D eigenvalue weighted by Gasteiger charge is 2.17. The summed E-state index contributed by atoms with van der Waals surface area (Å²) < 4.78 is 4.88. The van der Waals surface area contributed by atoms with Crippen molar-refractivity contribution in [1.29, 1.82) is 0 Å². The smallest absolute Gasteiger partial charge is 0.0785 e. The average molecular weight is 240 g/mol. The number of likely N-dealkylation sites (tertiary alicyclic amines) is 1. The van der Waals surface area contributed by atoms with Gasteiger partial charge in [0.1, 0.15) is 0 Å². The highest BCUT2D eigenvalue weighted by Crippen LogP contribution is 2.09. The molecule has 1 aliphatic rings. The maximum absolute atomic E-state index is 9.50. The summed E-state index contributed by atoms with van der Waals surface area (Å²) in [5.74, 6) is 2.68.